The van der Waals surface area contributed by atoms with Crippen molar-refractivity contribution >= 4 is 6.29 Å². The number of tetrazole rings is 1. The van der Waals surface area contributed by atoms with E-state index in [9.17, 15) is 9.18 Å². The molecular formula is C26H27FN8O2. The molecule has 3 aromatic rings. The Hall–Kier alpha value is -4.03. The normalized spacial score (nSPS) is 19.6. The molecule has 2 saturated heterocycles. The number of aromatic nitrogens is 4. The predicted molar refractivity (Wildman–Crippen MR) is 131 cm³/mol. The van der Waals surface area contributed by atoms with Gasteiger partial charge in [0.2, 0.25) is 0 Å². The van der Waals surface area contributed by atoms with Gasteiger partial charge >= 0.3 is 0 Å². The van der Waals surface area contributed by atoms with Crippen molar-refractivity contribution in [2.45, 2.75) is 25.5 Å². The van der Waals surface area contributed by atoms with Crippen LogP contribution in [0.3, 0.4) is 0 Å². The molecule has 5 rings (SSSR count). The number of rotatable bonds is 4. The quantitative estimate of drug-likeness (QED) is 0.493. The summed E-state index contributed by atoms with van der Waals surface area (Å²) < 4.78 is 21.1. The van der Waals surface area contributed by atoms with Crippen molar-refractivity contribution in [1.82, 2.24) is 30.0 Å². The summed E-state index contributed by atoms with van der Waals surface area (Å²) in [6.07, 6.45) is 2.37. The van der Waals surface area contributed by atoms with Crippen LogP contribution < -0.4 is 0 Å². The summed E-state index contributed by atoms with van der Waals surface area (Å²) in [5.41, 5.74) is 3.63. The lowest BCUT2D eigenvalue weighted by molar-refractivity contribution is -0.107. The zero-order chi connectivity index (χ0) is 26.4. The molecule has 10 nitrogen and oxygen atoms in total. The van der Waals surface area contributed by atoms with Gasteiger partial charge in [-0.25, -0.2) is 9.07 Å². The van der Waals surface area contributed by atoms with E-state index >= 15 is 0 Å². The van der Waals surface area contributed by atoms with E-state index in [2.05, 4.69) is 32.4 Å². The van der Waals surface area contributed by atoms with Crippen LogP contribution in [-0.4, -0.2) is 82.2 Å². The van der Waals surface area contributed by atoms with E-state index in [4.69, 9.17) is 15.3 Å². The second kappa shape index (κ2) is 11.8. The van der Waals surface area contributed by atoms with E-state index < -0.39 is 5.82 Å². The number of nitriles is 2. The minimum atomic E-state index is -0.452. The maximum Gasteiger partial charge on any atom is 0.143 e. The smallest absolute Gasteiger partial charge is 0.143 e. The minimum absolute atomic E-state index is 0.0719. The number of halogens is 1. The van der Waals surface area contributed by atoms with Crippen molar-refractivity contribution in [3.05, 3.63) is 70.3 Å². The average Bonchev–Trinajstić information content (AvgIpc) is 3.45. The number of fused-ring (bicyclic) bond motifs is 1. The van der Waals surface area contributed by atoms with Crippen molar-refractivity contribution in [1.29, 1.82) is 10.5 Å². The first kappa shape index (κ1) is 26.0. The average molecular weight is 503 g/mol. The maximum absolute atomic E-state index is 13.6. The van der Waals surface area contributed by atoms with Gasteiger partial charge in [0.05, 0.1) is 35.6 Å². The van der Waals surface area contributed by atoms with Gasteiger partial charge in [-0.1, -0.05) is 12.1 Å². The highest BCUT2D eigenvalue weighted by atomic mass is 19.1. The van der Waals surface area contributed by atoms with Crippen molar-refractivity contribution in [2.75, 3.05) is 39.8 Å². The van der Waals surface area contributed by atoms with Crippen LogP contribution in [0, 0.1) is 35.4 Å². The Morgan fingerprint density at radius 2 is 2.03 bits per heavy atom. The fourth-order valence-electron chi connectivity index (χ4n) is 4.67. The van der Waals surface area contributed by atoms with Gasteiger partial charge in [-0.15, -0.1) is 5.10 Å². The Labute approximate surface area is 214 Å². The van der Waals surface area contributed by atoms with Crippen LogP contribution in [0.2, 0.25) is 0 Å². The van der Waals surface area contributed by atoms with E-state index in [1.54, 1.807) is 31.2 Å². The molecule has 0 amide bonds. The van der Waals surface area contributed by atoms with Gasteiger partial charge < -0.3 is 14.4 Å². The fourth-order valence-corrected chi connectivity index (χ4v) is 4.67. The first-order valence-corrected chi connectivity index (χ1v) is 11.9. The molecule has 11 heteroatoms. The largest absolute Gasteiger partial charge is 0.370 e. The second-order valence-corrected chi connectivity index (χ2v) is 9.06. The monoisotopic (exact) mass is 502 g/mol. The van der Waals surface area contributed by atoms with E-state index in [-0.39, 0.29) is 18.1 Å². The number of carbonyl (C=O) groups is 1. The predicted octanol–water partition coefficient (Wildman–Crippen LogP) is 1.97. The van der Waals surface area contributed by atoms with Gasteiger partial charge in [-0.3, -0.25) is 4.90 Å². The number of hydrogen-bond donors (Lipinski definition) is 0. The molecule has 1 aromatic heterocycles. The van der Waals surface area contributed by atoms with Crippen LogP contribution in [0.25, 0.3) is 5.69 Å². The number of morpholine rings is 1. The highest BCUT2D eigenvalue weighted by molar-refractivity contribution is 5.59. The number of hydrogen-bond acceptors (Lipinski definition) is 9. The summed E-state index contributed by atoms with van der Waals surface area (Å²) in [4.78, 5) is 15.2. The molecule has 0 N–H and O–H groups in total. The SMILES string of the molecule is Cc1c(C2CN3CCN(C)CC3CO2)ccc(F)c1C#N.N#Cc1cc(-n2cnnn2)ccc1CC=O. The fraction of sp³-hybridized carbons (Fsp3) is 0.385. The number of carbonyl (C=O) groups excluding carboxylic acids is 1. The lowest BCUT2D eigenvalue weighted by atomic mass is 9.96. The van der Waals surface area contributed by atoms with Gasteiger partial charge in [-0.2, -0.15) is 10.5 Å². The van der Waals surface area contributed by atoms with Crippen molar-refractivity contribution < 1.29 is 13.9 Å². The van der Waals surface area contributed by atoms with E-state index in [1.807, 2.05) is 12.1 Å². The summed E-state index contributed by atoms with van der Waals surface area (Å²) >= 11 is 0. The zero-order valence-electron chi connectivity index (χ0n) is 20.7. The lowest BCUT2D eigenvalue weighted by Crippen LogP contribution is -2.57. The molecular weight excluding hydrogens is 475 g/mol. The van der Waals surface area contributed by atoms with Gasteiger partial charge in [0.1, 0.15) is 24.5 Å². The molecule has 0 spiro atoms. The molecule has 2 atom stereocenters. The van der Waals surface area contributed by atoms with Crippen LogP contribution in [0.5, 0.6) is 0 Å². The Balaban J connectivity index is 0.000000180. The van der Waals surface area contributed by atoms with Crippen molar-refractivity contribution in [3.63, 3.8) is 0 Å². The molecule has 0 saturated carbocycles. The van der Waals surface area contributed by atoms with Gasteiger partial charge in [-0.05, 0) is 59.3 Å². The first-order valence-electron chi connectivity index (χ1n) is 11.9. The molecule has 2 aliphatic rings. The molecule has 2 fully saturated rings. The Kier molecular flexibility index (Phi) is 8.31. The van der Waals surface area contributed by atoms with Crippen LogP contribution in [0.4, 0.5) is 4.39 Å². The number of aldehydes is 1. The third-order valence-corrected chi connectivity index (χ3v) is 6.74. The van der Waals surface area contributed by atoms with Crippen LogP contribution >= 0.6 is 0 Å². The maximum atomic E-state index is 13.6. The summed E-state index contributed by atoms with van der Waals surface area (Å²) in [6.45, 7) is 6.43. The highest BCUT2D eigenvalue weighted by Crippen LogP contribution is 2.30. The van der Waals surface area contributed by atoms with E-state index in [0.717, 1.165) is 38.0 Å². The standard InChI is InChI=1S/C16H20FN3O.C10H7N5O/c1-11-13(3-4-15(17)14(11)7-18)16-9-20-6-5-19(2)8-12(20)10-21-16;11-6-9-5-10(15-7-12-13-14-15)2-1-8(9)3-4-16/h3-4,12,16H,5-6,8-10H2,1-2H3;1-2,4-5,7H,3H2. The minimum Gasteiger partial charge on any atom is -0.370 e. The van der Waals surface area contributed by atoms with E-state index in [0.29, 0.717) is 35.0 Å². The van der Waals surface area contributed by atoms with Crippen LogP contribution in [0.15, 0.2) is 36.7 Å². The summed E-state index contributed by atoms with van der Waals surface area (Å²) in [5.74, 6) is -0.452. The molecule has 0 aliphatic carbocycles. The molecule has 37 heavy (non-hydrogen) atoms. The number of nitrogens with zero attached hydrogens (tertiary/aromatic N) is 8. The number of ether oxygens (including phenoxy) is 1. The van der Waals surface area contributed by atoms with Crippen molar-refractivity contribution in [2.24, 2.45) is 0 Å². The molecule has 2 aliphatic heterocycles. The van der Waals surface area contributed by atoms with E-state index in [1.165, 1.54) is 17.1 Å². The summed E-state index contributed by atoms with van der Waals surface area (Å²) in [5, 5.41) is 28.8. The molecule has 0 bridgehead atoms. The van der Waals surface area contributed by atoms with Crippen molar-refractivity contribution in [3.8, 4) is 17.8 Å². The topological polar surface area (TPSA) is 124 Å². The van der Waals surface area contributed by atoms with Gasteiger partial charge in [0.15, 0.2) is 0 Å². The second-order valence-electron chi connectivity index (χ2n) is 9.06. The number of benzene rings is 2. The van der Waals surface area contributed by atoms with Gasteiger partial charge in [0, 0.05) is 38.6 Å². The molecule has 3 heterocycles. The zero-order valence-corrected chi connectivity index (χ0v) is 20.7. The third kappa shape index (κ3) is 5.87. The first-order chi connectivity index (χ1) is 17.9. The Morgan fingerprint density at radius 3 is 2.73 bits per heavy atom. The number of piperazine rings is 1. The highest BCUT2D eigenvalue weighted by Gasteiger charge is 2.34. The molecule has 190 valence electrons. The summed E-state index contributed by atoms with van der Waals surface area (Å²) in [7, 11) is 2.13. The molecule has 2 aromatic carbocycles. The Bertz CT molecular complexity index is 1330. The van der Waals surface area contributed by atoms with Crippen LogP contribution in [-0.2, 0) is 16.0 Å². The van der Waals surface area contributed by atoms with Gasteiger partial charge in [0.25, 0.3) is 0 Å². The molecule has 2 unspecified atom stereocenters. The van der Waals surface area contributed by atoms with Crippen LogP contribution in [0.1, 0.15) is 33.9 Å². The molecule has 0 radical (unpaired) electrons. The third-order valence-electron chi connectivity index (χ3n) is 6.74. The number of likely N-dealkylation sites (N-methyl/N-ethyl adjacent to an activating group) is 1. The Morgan fingerprint density at radius 1 is 1.19 bits per heavy atom. The summed E-state index contributed by atoms with van der Waals surface area (Å²) in [6, 6.07) is 12.7. The lowest BCUT2D eigenvalue weighted by Gasteiger charge is -2.45.